The van der Waals surface area contributed by atoms with Crippen LogP contribution < -0.4 is 10.6 Å². The normalized spacial score (nSPS) is 17.1. The van der Waals surface area contributed by atoms with E-state index in [9.17, 15) is 9.18 Å². The van der Waals surface area contributed by atoms with Crippen molar-refractivity contribution in [1.29, 1.82) is 5.26 Å². The van der Waals surface area contributed by atoms with Crippen molar-refractivity contribution in [3.8, 4) is 17.6 Å². The lowest BCUT2D eigenvalue weighted by atomic mass is 9.96. The van der Waals surface area contributed by atoms with Gasteiger partial charge in [-0.2, -0.15) is 9.78 Å². The lowest BCUT2D eigenvalue weighted by Gasteiger charge is -2.36. The Morgan fingerprint density at radius 1 is 1.22 bits per heavy atom. The van der Waals surface area contributed by atoms with Gasteiger partial charge in [-0.15, -0.1) is 5.10 Å². The molecule has 6 rings (SSSR count). The SMILES string of the molecule is COC(=O)C1=C(Cl)c2c(nc(N)n3nc(-c4ccccn4)nc23)C1CCN1CCN(c2ccc(C#N)cc2F)CC1. The van der Waals surface area contributed by atoms with E-state index in [0.29, 0.717) is 84.4 Å². The Kier molecular flexibility index (Phi) is 6.98. The van der Waals surface area contributed by atoms with Crippen LogP contribution in [0, 0.1) is 17.1 Å². The molecular formula is C28H25ClFN9O2. The summed E-state index contributed by atoms with van der Waals surface area (Å²) in [7, 11) is 1.31. The van der Waals surface area contributed by atoms with Gasteiger partial charge in [0.15, 0.2) is 5.65 Å². The van der Waals surface area contributed by atoms with E-state index < -0.39 is 17.7 Å². The smallest absolute Gasteiger partial charge is 0.335 e. The van der Waals surface area contributed by atoms with Crippen LogP contribution in [-0.2, 0) is 9.53 Å². The van der Waals surface area contributed by atoms with Crippen LogP contribution in [0.15, 0.2) is 48.2 Å². The molecule has 2 N–H and O–H groups in total. The van der Waals surface area contributed by atoms with Crippen molar-refractivity contribution in [2.75, 3.05) is 50.5 Å². The molecule has 4 aromatic rings. The van der Waals surface area contributed by atoms with Gasteiger partial charge in [-0.1, -0.05) is 17.7 Å². The number of aromatic nitrogens is 5. The van der Waals surface area contributed by atoms with Gasteiger partial charge in [0.1, 0.15) is 11.5 Å². The molecule has 11 nitrogen and oxygen atoms in total. The third kappa shape index (κ3) is 4.73. The largest absolute Gasteiger partial charge is 0.466 e. The molecule has 2 aliphatic rings. The minimum Gasteiger partial charge on any atom is -0.466 e. The van der Waals surface area contributed by atoms with Crippen LogP contribution in [0.3, 0.4) is 0 Å². The molecule has 0 bridgehead atoms. The van der Waals surface area contributed by atoms with Crippen molar-refractivity contribution in [3.05, 3.63) is 70.8 Å². The first-order valence-electron chi connectivity index (χ1n) is 13.0. The number of hydrogen-bond acceptors (Lipinski definition) is 10. The number of ether oxygens (including phenoxy) is 1. The number of nitrogens with two attached hydrogens (primary N) is 1. The molecule has 1 saturated heterocycles. The maximum Gasteiger partial charge on any atom is 0.335 e. The molecule has 0 spiro atoms. The van der Waals surface area contributed by atoms with E-state index in [-0.39, 0.29) is 11.0 Å². The highest BCUT2D eigenvalue weighted by Crippen LogP contribution is 2.47. The highest BCUT2D eigenvalue weighted by molar-refractivity contribution is 6.52. The van der Waals surface area contributed by atoms with Crippen LogP contribution in [-0.4, -0.2) is 75.3 Å². The highest BCUT2D eigenvalue weighted by Gasteiger charge is 2.40. The van der Waals surface area contributed by atoms with E-state index in [1.807, 2.05) is 17.0 Å². The summed E-state index contributed by atoms with van der Waals surface area (Å²) in [4.78, 5) is 30.7. The topological polar surface area (TPSA) is 139 Å². The summed E-state index contributed by atoms with van der Waals surface area (Å²) in [5.74, 6) is -0.928. The summed E-state index contributed by atoms with van der Waals surface area (Å²) in [5, 5.41) is 13.7. The van der Waals surface area contributed by atoms with Gasteiger partial charge in [-0.25, -0.2) is 19.2 Å². The maximum absolute atomic E-state index is 14.5. The molecule has 1 aromatic carbocycles. The zero-order valence-electron chi connectivity index (χ0n) is 22.1. The van der Waals surface area contributed by atoms with Crippen LogP contribution in [0.25, 0.3) is 22.2 Å². The Balaban J connectivity index is 1.25. The number of fused-ring (bicyclic) bond motifs is 3. The number of piperazine rings is 1. The number of hydrogen-bond donors (Lipinski definition) is 1. The van der Waals surface area contributed by atoms with Gasteiger partial charge in [-0.3, -0.25) is 9.88 Å². The van der Waals surface area contributed by atoms with Crippen LogP contribution in [0.2, 0.25) is 0 Å². The van der Waals surface area contributed by atoms with Crippen LogP contribution in [0.5, 0.6) is 0 Å². The molecule has 0 amide bonds. The van der Waals surface area contributed by atoms with Crippen LogP contribution in [0.4, 0.5) is 16.0 Å². The van der Waals surface area contributed by atoms with E-state index in [4.69, 9.17) is 27.3 Å². The van der Waals surface area contributed by atoms with E-state index in [1.165, 1.54) is 17.7 Å². The number of anilines is 2. The molecule has 1 fully saturated rings. The van der Waals surface area contributed by atoms with Gasteiger partial charge in [0, 0.05) is 38.3 Å². The number of carbonyl (C=O) groups is 1. The molecule has 1 atom stereocenters. The standard InChI is InChI=1S/C28H25ClFN9O2/c1-41-27(40)21-17(7-9-37-10-12-38(13-11-37)20-6-5-16(15-31)14-18(20)30)24-22(23(21)29)26-35-25(19-4-2-3-8-33-19)36-39(26)28(32)34-24/h2-6,8,14,17H,7,9-13H2,1H3,(H2,32,34). The fourth-order valence-electron chi connectivity index (χ4n) is 5.45. The Bertz CT molecular complexity index is 1730. The first-order chi connectivity index (χ1) is 19.9. The molecular weight excluding hydrogens is 549 g/mol. The van der Waals surface area contributed by atoms with Crippen LogP contribution >= 0.6 is 11.6 Å². The van der Waals surface area contributed by atoms with Crippen LogP contribution in [0.1, 0.15) is 29.2 Å². The molecule has 4 heterocycles. The summed E-state index contributed by atoms with van der Waals surface area (Å²) in [6, 6.07) is 11.9. The summed E-state index contributed by atoms with van der Waals surface area (Å²) in [6.07, 6.45) is 2.18. The average molecular weight is 574 g/mol. The second kappa shape index (κ2) is 10.8. The highest BCUT2D eigenvalue weighted by atomic mass is 35.5. The number of halogens is 2. The molecule has 0 radical (unpaired) electrons. The second-order valence-corrected chi connectivity index (χ2v) is 10.2. The number of esters is 1. The van der Waals surface area contributed by atoms with Gasteiger partial charge < -0.3 is 15.4 Å². The fourth-order valence-corrected chi connectivity index (χ4v) is 5.84. The number of pyridine rings is 1. The second-order valence-electron chi connectivity index (χ2n) is 9.78. The predicted molar refractivity (Wildman–Crippen MR) is 150 cm³/mol. The number of rotatable bonds is 6. The average Bonchev–Trinajstić information content (AvgIpc) is 3.56. The van der Waals surface area contributed by atoms with E-state index >= 15 is 0 Å². The number of methoxy groups -OCH3 is 1. The zero-order valence-corrected chi connectivity index (χ0v) is 22.8. The molecule has 1 unspecified atom stereocenters. The summed E-state index contributed by atoms with van der Waals surface area (Å²) in [5.41, 5.74) is 9.40. The quantitative estimate of drug-likeness (QED) is 0.342. The van der Waals surface area contributed by atoms with Crippen molar-refractivity contribution in [1.82, 2.24) is 29.5 Å². The van der Waals surface area contributed by atoms with Gasteiger partial charge in [0.2, 0.25) is 11.8 Å². The lowest BCUT2D eigenvalue weighted by molar-refractivity contribution is -0.136. The van der Waals surface area contributed by atoms with Crippen molar-refractivity contribution < 1.29 is 13.9 Å². The van der Waals surface area contributed by atoms with Gasteiger partial charge in [0.25, 0.3) is 0 Å². The summed E-state index contributed by atoms with van der Waals surface area (Å²) >= 11 is 6.83. The monoisotopic (exact) mass is 573 g/mol. The zero-order chi connectivity index (χ0) is 28.7. The Labute approximate surface area is 239 Å². The number of benzene rings is 1. The Morgan fingerprint density at radius 3 is 2.71 bits per heavy atom. The molecule has 41 heavy (non-hydrogen) atoms. The summed E-state index contributed by atoms with van der Waals surface area (Å²) < 4.78 is 21.0. The maximum atomic E-state index is 14.5. The molecule has 3 aromatic heterocycles. The Hall–Kier alpha value is -4.60. The predicted octanol–water partition coefficient (Wildman–Crippen LogP) is 3.21. The molecule has 13 heteroatoms. The first kappa shape index (κ1) is 26.6. The minimum atomic E-state index is -0.541. The minimum absolute atomic E-state index is 0.118. The molecule has 0 saturated carbocycles. The van der Waals surface area contributed by atoms with Crippen molar-refractivity contribution in [2.24, 2.45) is 0 Å². The van der Waals surface area contributed by atoms with Crippen molar-refractivity contribution >= 4 is 39.9 Å². The Morgan fingerprint density at radius 2 is 2.02 bits per heavy atom. The first-order valence-corrected chi connectivity index (χ1v) is 13.4. The molecule has 1 aliphatic carbocycles. The van der Waals surface area contributed by atoms with Crippen molar-refractivity contribution in [2.45, 2.75) is 12.3 Å². The lowest BCUT2D eigenvalue weighted by Crippen LogP contribution is -2.47. The van der Waals surface area contributed by atoms with Crippen molar-refractivity contribution in [3.63, 3.8) is 0 Å². The van der Waals surface area contributed by atoms with E-state index in [0.717, 1.165) is 0 Å². The number of nitrogens with zero attached hydrogens (tertiary/aromatic N) is 8. The fraction of sp³-hybridized carbons (Fsp3) is 0.286. The van der Waals surface area contributed by atoms with Gasteiger partial charge in [0.05, 0.1) is 46.3 Å². The third-order valence-electron chi connectivity index (χ3n) is 7.50. The molecule has 1 aliphatic heterocycles. The number of nitrogen functional groups attached to an aromatic ring is 1. The third-order valence-corrected chi connectivity index (χ3v) is 7.89. The van der Waals surface area contributed by atoms with Gasteiger partial charge in [-0.05, 0) is 43.3 Å². The summed E-state index contributed by atoms with van der Waals surface area (Å²) in [6.45, 7) is 3.25. The number of nitriles is 1. The number of carbonyl (C=O) groups excluding carboxylic acids is 1. The molecule has 208 valence electrons. The van der Waals surface area contributed by atoms with E-state index in [2.05, 4.69) is 25.0 Å². The van der Waals surface area contributed by atoms with Gasteiger partial charge >= 0.3 is 5.97 Å². The van der Waals surface area contributed by atoms with E-state index in [1.54, 1.807) is 30.5 Å².